The second-order valence-corrected chi connectivity index (χ2v) is 7.43. The standard InChI is InChI=1S/C21H20O11.H2O/c1-7-15(26)17(28)18(29)21(30-7)32-20-16(27)14-12(25)5-9(22)6-13(14)31-19(20)8-2-3-10(23)11(24)4-8;/h2-7,15,17-18,21-26,28-29H,1H3;1H2/t7-,15-,17+,18+,21-;/m0./s1. The van der Waals surface area contributed by atoms with E-state index in [-0.39, 0.29) is 33.5 Å². The molecule has 0 aliphatic carbocycles. The molecule has 9 N–H and O–H groups in total. The molecule has 2 heterocycles. The SMILES string of the molecule is C[C@@H]1O[C@@H](Oc2c(-c3ccc(O)c(O)c3)oc3cc(O)cc(O)c3c2=O)[C@H](O)[C@H](O)[C@H]1O.O. The number of hydrogen-bond acceptors (Lipinski definition) is 11. The van der Waals surface area contributed by atoms with Crippen LogP contribution >= 0.6 is 0 Å². The number of rotatable bonds is 3. The Morgan fingerprint density at radius 1 is 0.879 bits per heavy atom. The number of aliphatic hydroxyl groups is 3. The number of aromatic hydroxyl groups is 4. The van der Waals surface area contributed by atoms with Gasteiger partial charge in [0.25, 0.3) is 0 Å². The van der Waals surface area contributed by atoms with Gasteiger partial charge in [-0.2, -0.15) is 0 Å². The topological polar surface area (TPSA) is 222 Å². The first-order chi connectivity index (χ1) is 15.1. The fourth-order valence-electron chi connectivity index (χ4n) is 3.46. The molecular weight excluding hydrogens is 444 g/mol. The largest absolute Gasteiger partial charge is 0.508 e. The van der Waals surface area contributed by atoms with Gasteiger partial charge in [-0.15, -0.1) is 0 Å². The molecule has 0 unspecified atom stereocenters. The van der Waals surface area contributed by atoms with E-state index in [1.807, 2.05) is 0 Å². The highest BCUT2D eigenvalue weighted by atomic mass is 16.7. The highest BCUT2D eigenvalue weighted by Gasteiger charge is 2.44. The zero-order valence-electron chi connectivity index (χ0n) is 17.0. The molecule has 178 valence electrons. The van der Waals surface area contributed by atoms with E-state index in [2.05, 4.69) is 0 Å². The van der Waals surface area contributed by atoms with Gasteiger partial charge in [0.1, 0.15) is 40.8 Å². The molecule has 4 rings (SSSR count). The van der Waals surface area contributed by atoms with E-state index in [0.29, 0.717) is 0 Å². The van der Waals surface area contributed by atoms with Crippen molar-refractivity contribution >= 4 is 11.0 Å². The summed E-state index contributed by atoms with van der Waals surface area (Å²) in [5.41, 5.74) is -1.05. The summed E-state index contributed by atoms with van der Waals surface area (Å²) < 4.78 is 16.6. The molecule has 2 aromatic carbocycles. The first-order valence-electron chi connectivity index (χ1n) is 9.50. The first-order valence-corrected chi connectivity index (χ1v) is 9.50. The van der Waals surface area contributed by atoms with Crippen molar-refractivity contribution in [2.24, 2.45) is 0 Å². The molecule has 33 heavy (non-hydrogen) atoms. The molecule has 0 saturated carbocycles. The van der Waals surface area contributed by atoms with Gasteiger partial charge in [0, 0.05) is 17.7 Å². The van der Waals surface area contributed by atoms with Crippen LogP contribution in [0.15, 0.2) is 39.5 Å². The zero-order valence-corrected chi connectivity index (χ0v) is 17.0. The Balaban J connectivity index is 0.00000306. The second kappa shape index (κ2) is 8.77. The Morgan fingerprint density at radius 2 is 1.58 bits per heavy atom. The lowest BCUT2D eigenvalue weighted by Crippen LogP contribution is -2.58. The molecule has 0 radical (unpaired) electrons. The average molecular weight is 466 g/mol. The molecule has 1 fully saturated rings. The van der Waals surface area contributed by atoms with Gasteiger partial charge in [-0.05, 0) is 25.1 Å². The van der Waals surface area contributed by atoms with Gasteiger partial charge >= 0.3 is 0 Å². The maximum Gasteiger partial charge on any atom is 0.239 e. The number of ether oxygens (including phenoxy) is 2. The van der Waals surface area contributed by atoms with E-state index >= 15 is 0 Å². The fraction of sp³-hybridized carbons (Fsp3) is 0.286. The minimum atomic E-state index is -1.74. The minimum absolute atomic E-state index is 0. The van der Waals surface area contributed by atoms with Gasteiger partial charge in [0.15, 0.2) is 17.3 Å². The predicted molar refractivity (Wildman–Crippen MR) is 111 cm³/mol. The molecule has 0 spiro atoms. The van der Waals surface area contributed by atoms with Crippen LogP contribution in [0.4, 0.5) is 0 Å². The summed E-state index contributed by atoms with van der Waals surface area (Å²) in [7, 11) is 0. The van der Waals surface area contributed by atoms with Crippen LogP contribution < -0.4 is 10.2 Å². The lowest BCUT2D eigenvalue weighted by molar-refractivity contribution is -0.268. The zero-order chi connectivity index (χ0) is 23.3. The Hall–Kier alpha value is -3.55. The molecule has 0 bridgehead atoms. The minimum Gasteiger partial charge on any atom is -0.508 e. The number of aliphatic hydroxyl groups excluding tert-OH is 3. The highest BCUT2D eigenvalue weighted by Crippen LogP contribution is 2.39. The summed E-state index contributed by atoms with van der Waals surface area (Å²) in [4.78, 5) is 13.2. The van der Waals surface area contributed by atoms with Crippen LogP contribution in [0, 0.1) is 0 Å². The highest BCUT2D eigenvalue weighted by molar-refractivity contribution is 5.88. The molecule has 12 nitrogen and oxygen atoms in total. The van der Waals surface area contributed by atoms with Crippen LogP contribution in [0.25, 0.3) is 22.3 Å². The third-order valence-electron chi connectivity index (χ3n) is 5.20. The average Bonchev–Trinajstić information content (AvgIpc) is 2.73. The van der Waals surface area contributed by atoms with Crippen LogP contribution in [-0.4, -0.2) is 71.9 Å². The van der Waals surface area contributed by atoms with Crippen molar-refractivity contribution in [1.82, 2.24) is 0 Å². The fourth-order valence-corrected chi connectivity index (χ4v) is 3.46. The van der Waals surface area contributed by atoms with Crippen LogP contribution in [0.2, 0.25) is 0 Å². The number of benzene rings is 2. The number of hydrogen-bond donors (Lipinski definition) is 7. The van der Waals surface area contributed by atoms with E-state index in [0.717, 1.165) is 24.3 Å². The maximum atomic E-state index is 13.2. The second-order valence-electron chi connectivity index (χ2n) is 7.43. The normalized spacial score (nSPS) is 24.9. The van der Waals surface area contributed by atoms with Crippen LogP contribution in [0.3, 0.4) is 0 Å². The van der Waals surface area contributed by atoms with Crippen molar-refractivity contribution in [3.05, 3.63) is 40.6 Å². The molecule has 0 amide bonds. The molecule has 5 atom stereocenters. The van der Waals surface area contributed by atoms with Crippen LogP contribution in [0.5, 0.6) is 28.7 Å². The lowest BCUT2D eigenvalue weighted by atomic mass is 10.00. The Kier molecular flexibility index (Phi) is 6.40. The van der Waals surface area contributed by atoms with E-state index < -0.39 is 59.1 Å². The van der Waals surface area contributed by atoms with E-state index in [9.17, 15) is 40.5 Å². The van der Waals surface area contributed by atoms with Crippen molar-refractivity contribution in [3.8, 4) is 40.1 Å². The Labute approximate surface area is 185 Å². The first kappa shape index (κ1) is 24.1. The van der Waals surface area contributed by atoms with Gasteiger partial charge in [0.2, 0.25) is 17.5 Å². The molecule has 3 aromatic rings. The summed E-state index contributed by atoms with van der Waals surface area (Å²) in [5, 5.41) is 69.2. The van der Waals surface area contributed by atoms with Crippen molar-refractivity contribution in [2.75, 3.05) is 0 Å². The molecule has 1 aromatic heterocycles. The molecule has 1 saturated heterocycles. The number of phenolic OH excluding ortho intramolecular Hbond substituents is 4. The summed E-state index contributed by atoms with van der Waals surface area (Å²) in [6.07, 6.45) is -7.35. The number of fused-ring (bicyclic) bond motifs is 1. The van der Waals surface area contributed by atoms with E-state index in [1.54, 1.807) is 0 Å². The molecule has 1 aliphatic heterocycles. The molecular formula is C21H22O12. The molecule has 12 heteroatoms. The Bertz CT molecular complexity index is 1240. The maximum absolute atomic E-state index is 13.2. The lowest BCUT2D eigenvalue weighted by Gasteiger charge is -2.38. The third kappa shape index (κ3) is 4.13. The van der Waals surface area contributed by atoms with Crippen molar-refractivity contribution < 1.29 is 55.1 Å². The quantitative estimate of drug-likeness (QED) is 0.247. The van der Waals surface area contributed by atoms with Crippen LogP contribution in [-0.2, 0) is 4.74 Å². The smallest absolute Gasteiger partial charge is 0.239 e. The van der Waals surface area contributed by atoms with Crippen molar-refractivity contribution in [1.29, 1.82) is 0 Å². The van der Waals surface area contributed by atoms with Gasteiger partial charge in [0.05, 0.1) is 6.10 Å². The van der Waals surface area contributed by atoms with Gasteiger partial charge < -0.3 is 55.1 Å². The summed E-state index contributed by atoms with van der Waals surface area (Å²) in [5.74, 6) is -2.80. The van der Waals surface area contributed by atoms with Crippen molar-refractivity contribution in [2.45, 2.75) is 37.6 Å². The van der Waals surface area contributed by atoms with Gasteiger partial charge in [-0.3, -0.25) is 4.79 Å². The van der Waals surface area contributed by atoms with Crippen molar-refractivity contribution in [3.63, 3.8) is 0 Å². The summed E-state index contributed by atoms with van der Waals surface area (Å²) >= 11 is 0. The molecule has 1 aliphatic rings. The van der Waals surface area contributed by atoms with E-state index in [1.165, 1.54) is 13.0 Å². The Morgan fingerprint density at radius 3 is 2.24 bits per heavy atom. The van der Waals surface area contributed by atoms with E-state index in [4.69, 9.17) is 13.9 Å². The predicted octanol–water partition coefficient (Wildman–Crippen LogP) is -0.336. The summed E-state index contributed by atoms with van der Waals surface area (Å²) in [6, 6.07) is 5.51. The monoisotopic (exact) mass is 466 g/mol. The number of phenols is 4. The third-order valence-corrected chi connectivity index (χ3v) is 5.20. The van der Waals surface area contributed by atoms with Crippen LogP contribution in [0.1, 0.15) is 6.92 Å². The van der Waals surface area contributed by atoms with Gasteiger partial charge in [-0.25, -0.2) is 0 Å². The summed E-state index contributed by atoms with van der Waals surface area (Å²) in [6.45, 7) is 1.42. The van der Waals surface area contributed by atoms with Gasteiger partial charge in [-0.1, -0.05) is 0 Å².